The fourth-order valence-corrected chi connectivity index (χ4v) is 4.25. The average molecular weight is 351 g/mol. The maximum atomic E-state index is 12.5. The number of benzene rings is 1. The minimum atomic E-state index is -3.72. The number of hydrogen-bond acceptors (Lipinski definition) is 6. The van der Waals surface area contributed by atoms with Gasteiger partial charge in [-0.3, -0.25) is 4.72 Å². The van der Waals surface area contributed by atoms with Crippen LogP contribution < -0.4 is 9.62 Å². The summed E-state index contributed by atoms with van der Waals surface area (Å²) in [6.07, 6.45) is 0.191. The smallest absolute Gasteiger partial charge is 0.267 e. The van der Waals surface area contributed by atoms with Gasteiger partial charge in [-0.15, -0.1) is 0 Å². The van der Waals surface area contributed by atoms with Gasteiger partial charge >= 0.3 is 0 Å². The molecule has 1 unspecified atom stereocenters. The Morgan fingerprint density at radius 1 is 1.25 bits per heavy atom. The molecule has 1 atom stereocenters. The fourth-order valence-electron chi connectivity index (χ4n) is 2.86. The van der Waals surface area contributed by atoms with E-state index >= 15 is 0 Å². The van der Waals surface area contributed by atoms with Crippen LogP contribution in [0.3, 0.4) is 0 Å². The summed E-state index contributed by atoms with van der Waals surface area (Å²) in [6.45, 7) is 7.57. The van der Waals surface area contributed by atoms with Crippen LogP contribution in [-0.2, 0) is 14.8 Å². The molecule has 1 aromatic heterocycles. The molecule has 1 saturated heterocycles. The molecule has 1 aromatic carbocycles. The van der Waals surface area contributed by atoms with Gasteiger partial charge in [0.15, 0.2) is 10.7 Å². The monoisotopic (exact) mass is 351 g/mol. The molecule has 0 spiro atoms. The highest BCUT2D eigenvalue weighted by molar-refractivity contribution is 7.92. The van der Waals surface area contributed by atoms with Crippen LogP contribution in [0.4, 0.5) is 11.4 Å². The summed E-state index contributed by atoms with van der Waals surface area (Å²) in [7, 11) is -3.72. The second-order valence-electron chi connectivity index (χ2n) is 5.93. The number of nitrogens with one attached hydrogen (secondary N) is 1. The van der Waals surface area contributed by atoms with Crippen molar-refractivity contribution in [1.82, 2.24) is 5.16 Å². The van der Waals surface area contributed by atoms with E-state index in [9.17, 15) is 8.42 Å². The fraction of sp³-hybridized carbons (Fsp3) is 0.438. The van der Waals surface area contributed by atoms with Crippen molar-refractivity contribution in [2.75, 3.05) is 29.3 Å². The summed E-state index contributed by atoms with van der Waals surface area (Å²) in [4.78, 5) is 2.31. The normalized spacial score (nSPS) is 18.6. The van der Waals surface area contributed by atoms with E-state index in [2.05, 4.69) is 14.8 Å². The summed E-state index contributed by atoms with van der Waals surface area (Å²) >= 11 is 0. The van der Waals surface area contributed by atoms with E-state index in [1.807, 2.05) is 19.1 Å². The number of nitrogens with zero attached hydrogens (tertiary/aromatic N) is 2. The van der Waals surface area contributed by atoms with E-state index in [0.717, 1.165) is 18.8 Å². The minimum absolute atomic E-state index is 0.0913. The van der Waals surface area contributed by atoms with E-state index in [0.29, 0.717) is 18.0 Å². The summed E-state index contributed by atoms with van der Waals surface area (Å²) in [6, 6.07) is 7.32. The first kappa shape index (κ1) is 16.8. The molecule has 3 rings (SSSR count). The Labute approximate surface area is 141 Å². The highest BCUT2D eigenvalue weighted by atomic mass is 32.2. The number of ether oxygens (including phenoxy) is 1. The Morgan fingerprint density at radius 2 is 1.96 bits per heavy atom. The van der Waals surface area contributed by atoms with E-state index in [1.54, 1.807) is 26.0 Å². The van der Waals surface area contributed by atoms with E-state index < -0.39 is 10.0 Å². The van der Waals surface area contributed by atoms with Crippen LogP contribution in [0.1, 0.15) is 18.4 Å². The number of morpholine rings is 1. The lowest BCUT2D eigenvalue weighted by Crippen LogP contribution is -2.41. The highest BCUT2D eigenvalue weighted by Crippen LogP contribution is 2.24. The third kappa shape index (κ3) is 3.39. The van der Waals surface area contributed by atoms with E-state index in [-0.39, 0.29) is 16.8 Å². The van der Waals surface area contributed by atoms with Gasteiger partial charge in [0, 0.05) is 24.5 Å². The van der Waals surface area contributed by atoms with Crippen LogP contribution in [0, 0.1) is 13.8 Å². The third-order valence-corrected chi connectivity index (χ3v) is 5.59. The molecule has 2 heterocycles. The lowest BCUT2D eigenvalue weighted by Gasteiger charge is -2.33. The standard InChI is InChI=1S/C16H21N3O4S/c1-11-10-19(8-9-22-11)15-6-4-14(5-7-15)18-24(20,21)16-12(2)17-23-13(16)3/h4-7,11,18H,8-10H2,1-3H3. The maximum Gasteiger partial charge on any atom is 0.267 e. The SMILES string of the molecule is Cc1noc(C)c1S(=O)(=O)Nc1ccc(N2CCOC(C)C2)cc1. The molecular weight excluding hydrogens is 330 g/mol. The van der Waals surface area contributed by atoms with E-state index in [1.165, 1.54) is 0 Å². The summed E-state index contributed by atoms with van der Waals surface area (Å²) in [5.41, 5.74) is 1.89. The zero-order valence-corrected chi connectivity index (χ0v) is 14.8. The molecule has 130 valence electrons. The molecule has 0 amide bonds. The van der Waals surface area contributed by atoms with Crippen molar-refractivity contribution >= 4 is 21.4 Å². The van der Waals surface area contributed by atoms with Gasteiger partial charge in [0.25, 0.3) is 10.0 Å². The van der Waals surface area contributed by atoms with Crippen molar-refractivity contribution in [3.63, 3.8) is 0 Å². The third-order valence-electron chi connectivity index (χ3n) is 3.96. The van der Waals surface area contributed by atoms with Crippen LogP contribution >= 0.6 is 0 Å². The minimum Gasteiger partial charge on any atom is -0.375 e. The van der Waals surface area contributed by atoms with Gasteiger partial charge in [-0.25, -0.2) is 8.42 Å². The van der Waals surface area contributed by atoms with Crippen molar-refractivity contribution in [2.24, 2.45) is 0 Å². The van der Waals surface area contributed by atoms with Gasteiger partial charge in [-0.2, -0.15) is 0 Å². The van der Waals surface area contributed by atoms with E-state index in [4.69, 9.17) is 9.26 Å². The Kier molecular flexibility index (Phi) is 4.51. The molecule has 1 fully saturated rings. The van der Waals surface area contributed by atoms with Crippen molar-refractivity contribution in [2.45, 2.75) is 31.8 Å². The second-order valence-corrected chi connectivity index (χ2v) is 7.55. The first-order chi connectivity index (χ1) is 11.4. The van der Waals surface area contributed by atoms with Gasteiger partial charge < -0.3 is 14.2 Å². The predicted octanol–water partition coefficient (Wildman–Crippen LogP) is 2.32. The molecule has 0 saturated carbocycles. The zero-order valence-electron chi connectivity index (χ0n) is 13.9. The molecule has 0 radical (unpaired) electrons. The van der Waals surface area contributed by atoms with Crippen molar-refractivity contribution in [1.29, 1.82) is 0 Å². The number of aryl methyl sites for hydroxylation is 2. The van der Waals surface area contributed by atoms with Gasteiger partial charge in [0.2, 0.25) is 0 Å². The average Bonchev–Trinajstić information content (AvgIpc) is 2.87. The lowest BCUT2D eigenvalue weighted by atomic mass is 10.2. The van der Waals surface area contributed by atoms with Crippen molar-refractivity contribution in [3.05, 3.63) is 35.7 Å². The number of sulfonamides is 1. The van der Waals surface area contributed by atoms with Gasteiger partial charge in [-0.05, 0) is 45.0 Å². The van der Waals surface area contributed by atoms with Crippen molar-refractivity contribution < 1.29 is 17.7 Å². The number of hydrogen-bond donors (Lipinski definition) is 1. The van der Waals surface area contributed by atoms with Crippen LogP contribution in [-0.4, -0.2) is 39.4 Å². The Morgan fingerprint density at radius 3 is 2.54 bits per heavy atom. The molecule has 1 aliphatic heterocycles. The Hall–Kier alpha value is -2.06. The molecule has 0 bridgehead atoms. The molecule has 1 aliphatic rings. The van der Waals surface area contributed by atoms with Crippen LogP contribution in [0.15, 0.2) is 33.7 Å². The zero-order chi connectivity index (χ0) is 17.3. The molecule has 24 heavy (non-hydrogen) atoms. The maximum absolute atomic E-state index is 12.5. The topological polar surface area (TPSA) is 84.7 Å². The largest absolute Gasteiger partial charge is 0.375 e. The number of rotatable bonds is 4. The van der Waals surface area contributed by atoms with Crippen LogP contribution in [0.25, 0.3) is 0 Å². The van der Waals surface area contributed by atoms with Crippen LogP contribution in [0.2, 0.25) is 0 Å². The molecule has 8 heteroatoms. The number of anilines is 2. The van der Waals surface area contributed by atoms with Gasteiger partial charge in [-0.1, -0.05) is 5.16 Å². The Balaban J connectivity index is 1.77. The van der Waals surface area contributed by atoms with Gasteiger partial charge in [0.05, 0.1) is 12.7 Å². The highest BCUT2D eigenvalue weighted by Gasteiger charge is 2.24. The second kappa shape index (κ2) is 6.45. The molecular formula is C16H21N3O4S. The van der Waals surface area contributed by atoms with Gasteiger partial charge in [0.1, 0.15) is 5.69 Å². The first-order valence-corrected chi connectivity index (χ1v) is 9.27. The summed E-state index contributed by atoms with van der Waals surface area (Å²) < 4.78 is 38.0. The summed E-state index contributed by atoms with van der Waals surface area (Å²) in [5, 5.41) is 3.69. The predicted molar refractivity (Wildman–Crippen MR) is 90.9 cm³/mol. The number of aromatic nitrogens is 1. The molecule has 7 nitrogen and oxygen atoms in total. The Bertz CT molecular complexity index is 795. The van der Waals surface area contributed by atoms with Crippen LogP contribution in [0.5, 0.6) is 0 Å². The molecule has 2 aromatic rings. The molecule has 1 N–H and O–H groups in total. The summed E-state index contributed by atoms with van der Waals surface area (Å²) in [5.74, 6) is 0.277. The lowest BCUT2D eigenvalue weighted by molar-refractivity contribution is 0.0532. The van der Waals surface area contributed by atoms with Crippen molar-refractivity contribution in [3.8, 4) is 0 Å². The quantitative estimate of drug-likeness (QED) is 0.910. The molecule has 0 aliphatic carbocycles. The first-order valence-electron chi connectivity index (χ1n) is 7.79.